The Morgan fingerprint density at radius 3 is 2.62 bits per heavy atom. The van der Waals surface area contributed by atoms with Gasteiger partial charge in [0.25, 0.3) is 10.1 Å². The molecule has 0 bridgehead atoms. The van der Waals surface area contributed by atoms with Gasteiger partial charge in [0.1, 0.15) is 5.75 Å². The summed E-state index contributed by atoms with van der Waals surface area (Å²) in [5.41, 5.74) is 11.5. The van der Waals surface area contributed by atoms with Crippen LogP contribution in [0.2, 0.25) is 0 Å². The van der Waals surface area contributed by atoms with E-state index in [-0.39, 0.29) is 12.6 Å². The van der Waals surface area contributed by atoms with E-state index in [1.807, 2.05) is 24.3 Å². The summed E-state index contributed by atoms with van der Waals surface area (Å²) in [5.74, 6) is 0.773. The van der Waals surface area contributed by atoms with Crippen molar-refractivity contribution in [2.45, 2.75) is 19.4 Å². The van der Waals surface area contributed by atoms with Gasteiger partial charge in [-0.15, -0.1) is 0 Å². The van der Waals surface area contributed by atoms with E-state index in [2.05, 4.69) is 9.18 Å². The SMILES string of the molecule is CS(=O)(=O)OCCCCOc1cccc(CN=C(N)N)c1. The van der Waals surface area contributed by atoms with Gasteiger partial charge in [0.05, 0.1) is 26.0 Å². The quantitative estimate of drug-likeness (QED) is 0.298. The van der Waals surface area contributed by atoms with Crippen molar-refractivity contribution >= 4 is 16.1 Å². The third kappa shape index (κ3) is 8.87. The monoisotopic (exact) mass is 315 g/mol. The molecular formula is C13H21N3O4S. The first-order valence-electron chi connectivity index (χ1n) is 6.48. The van der Waals surface area contributed by atoms with Crippen LogP contribution in [0.5, 0.6) is 5.75 Å². The number of aliphatic imine (C=N–C) groups is 1. The van der Waals surface area contributed by atoms with Crippen LogP contribution in [-0.2, 0) is 20.8 Å². The summed E-state index contributed by atoms with van der Waals surface area (Å²) in [6, 6.07) is 7.46. The highest BCUT2D eigenvalue weighted by Gasteiger charge is 2.01. The molecule has 1 aromatic rings. The minimum absolute atomic E-state index is 0.0483. The molecule has 0 atom stereocenters. The van der Waals surface area contributed by atoms with E-state index in [4.69, 9.17) is 16.2 Å². The van der Waals surface area contributed by atoms with Crippen molar-refractivity contribution in [1.29, 1.82) is 0 Å². The first-order chi connectivity index (χ1) is 9.87. The van der Waals surface area contributed by atoms with E-state index in [0.29, 0.717) is 26.0 Å². The molecule has 0 radical (unpaired) electrons. The number of rotatable bonds is 9. The Hall–Kier alpha value is -1.80. The second-order valence-corrected chi connectivity index (χ2v) is 6.11. The summed E-state index contributed by atoms with van der Waals surface area (Å²) >= 11 is 0. The molecule has 7 nitrogen and oxygen atoms in total. The number of hydrogen-bond donors (Lipinski definition) is 2. The van der Waals surface area contributed by atoms with Crippen LogP contribution < -0.4 is 16.2 Å². The van der Waals surface area contributed by atoms with E-state index in [1.165, 1.54) is 0 Å². The second-order valence-electron chi connectivity index (χ2n) is 4.47. The molecule has 118 valence electrons. The number of unbranched alkanes of at least 4 members (excludes halogenated alkanes) is 1. The largest absolute Gasteiger partial charge is 0.494 e. The van der Waals surface area contributed by atoms with Gasteiger partial charge in [-0.3, -0.25) is 4.18 Å². The maximum absolute atomic E-state index is 10.8. The van der Waals surface area contributed by atoms with Gasteiger partial charge in [-0.2, -0.15) is 8.42 Å². The summed E-state index contributed by atoms with van der Waals surface area (Å²) in [6.07, 6.45) is 2.35. The third-order valence-electron chi connectivity index (χ3n) is 2.45. The molecule has 0 aliphatic carbocycles. The van der Waals surface area contributed by atoms with Gasteiger partial charge < -0.3 is 16.2 Å². The summed E-state index contributed by atoms with van der Waals surface area (Å²) in [4.78, 5) is 3.92. The van der Waals surface area contributed by atoms with Crippen molar-refractivity contribution in [3.8, 4) is 5.75 Å². The summed E-state index contributed by atoms with van der Waals surface area (Å²) < 4.78 is 31.7. The summed E-state index contributed by atoms with van der Waals surface area (Å²) in [5, 5.41) is 0. The Morgan fingerprint density at radius 2 is 1.95 bits per heavy atom. The first-order valence-corrected chi connectivity index (χ1v) is 8.30. The molecule has 0 spiro atoms. The lowest BCUT2D eigenvalue weighted by atomic mass is 10.2. The predicted molar refractivity (Wildman–Crippen MR) is 81.5 cm³/mol. The molecule has 0 aromatic heterocycles. The van der Waals surface area contributed by atoms with Crippen molar-refractivity contribution in [2.24, 2.45) is 16.5 Å². The topological polar surface area (TPSA) is 117 Å². The normalized spacial score (nSPS) is 11.1. The fourth-order valence-corrected chi connectivity index (χ4v) is 1.94. The fourth-order valence-electron chi connectivity index (χ4n) is 1.52. The van der Waals surface area contributed by atoms with Crippen molar-refractivity contribution in [2.75, 3.05) is 19.5 Å². The molecule has 0 saturated carbocycles. The van der Waals surface area contributed by atoms with Crippen LogP contribution in [0.15, 0.2) is 29.3 Å². The highest BCUT2D eigenvalue weighted by molar-refractivity contribution is 7.85. The molecule has 8 heteroatoms. The average molecular weight is 315 g/mol. The Bertz CT molecular complexity index is 569. The summed E-state index contributed by atoms with van der Waals surface area (Å²) in [6.45, 7) is 1.06. The average Bonchev–Trinajstić information content (AvgIpc) is 2.40. The maximum atomic E-state index is 10.8. The second kappa shape index (κ2) is 8.48. The summed E-state index contributed by atoms with van der Waals surface area (Å²) in [7, 11) is -3.36. The van der Waals surface area contributed by atoms with E-state index < -0.39 is 10.1 Å². The highest BCUT2D eigenvalue weighted by atomic mass is 32.2. The molecule has 21 heavy (non-hydrogen) atoms. The smallest absolute Gasteiger partial charge is 0.264 e. The Kier molecular flexibility index (Phi) is 6.97. The standard InChI is InChI=1S/C13H21N3O4S/c1-21(17,18)20-8-3-2-7-19-12-6-4-5-11(9-12)10-16-13(14)15/h4-6,9H,2-3,7-8,10H2,1H3,(H4,14,15,16). The number of hydrogen-bond acceptors (Lipinski definition) is 5. The Morgan fingerprint density at radius 1 is 1.24 bits per heavy atom. The lowest BCUT2D eigenvalue weighted by Crippen LogP contribution is -2.22. The van der Waals surface area contributed by atoms with Gasteiger partial charge in [-0.25, -0.2) is 4.99 Å². The van der Waals surface area contributed by atoms with Gasteiger partial charge in [0.15, 0.2) is 5.96 Å². The molecule has 0 fully saturated rings. The third-order valence-corrected chi connectivity index (χ3v) is 3.04. The molecule has 0 aliphatic heterocycles. The Balaban J connectivity index is 2.29. The van der Waals surface area contributed by atoms with Crippen LogP contribution >= 0.6 is 0 Å². The minimum Gasteiger partial charge on any atom is -0.494 e. The number of ether oxygens (including phenoxy) is 1. The lowest BCUT2D eigenvalue weighted by molar-refractivity contribution is 0.270. The van der Waals surface area contributed by atoms with Crippen molar-refractivity contribution in [3.05, 3.63) is 29.8 Å². The van der Waals surface area contributed by atoms with Gasteiger partial charge in [0, 0.05) is 0 Å². The van der Waals surface area contributed by atoms with Gasteiger partial charge in [0.2, 0.25) is 0 Å². The molecular weight excluding hydrogens is 294 g/mol. The van der Waals surface area contributed by atoms with Crippen LogP contribution in [0.25, 0.3) is 0 Å². The van der Waals surface area contributed by atoms with Gasteiger partial charge in [-0.1, -0.05) is 12.1 Å². The highest BCUT2D eigenvalue weighted by Crippen LogP contribution is 2.14. The predicted octanol–water partition coefficient (Wildman–Crippen LogP) is 0.595. The molecule has 0 aliphatic rings. The lowest BCUT2D eigenvalue weighted by Gasteiger charge is -2.07. The molecule has 1 rings (SSSR count). The van der Waals surface area contributed by atoms with Crippen molar-refractivity contribution in [3.63, 3.8) is 0 Å². The van der Waals surface area contributed by atoms with Crippen LogP contribution in [0, 0.1) is 0 Å². The van der Waals surface area contributed by atoms with E-state index in [1.54, 1.807) is 0 Å². The maximum Gasteiger partial charge on any atom is 0.264 e. The number of nitrogens with two attached hydrogens (primary N) is 2. The van der Waals surface area contributed by atoms with Crippen LogP contribution in [-0.4, -0.2) is 33.8 Å². The van der Waals surface area contributed by atoms with E-state index in [0.717, 1.165) is 17.6 Å². The number of benzene rings is 1. The minimum atomic E-state index is -3.36. The van der Waals surface area contributed by atoms with Crippen LogP contribution in [0.4, 0.5) is 0 Å². The van der Waals surface area contributed by atoms with Gasteiger partial charge >= 0.3 is 0 Å². The zero-order valence-electron chi connectivity index (χ0n) is 12.0. The van der Waals surface area contributed by atoms with Crippen LogP contribution in [0.3, 0.4) is 0 Å². The molecule has 4 N–H and O–H groups in total. The molecule has 0 unspecified atom stereocenters. The van der Waals surface area contributed by atoms with Crippen LogP contribution in [0.1, 0.15) is 18.4 Å². The zero-order valence-corrected chi connectivity index (χ0v) is 12.8. The zero-order chi connectivity index (χ0) is 15.7. The molecule has 0 amide bonds. The van der Waals surface area contributed by atoms with Crippen molar-refractivity contribution < 1.29 is 17.3 Å². The Labute approximate surface area is 125 Å². The van der Waals surface area contributed by atoms with Crippen molar-refractivity contribution in [1.82, 2.24) is 0 Å². The van der Waals surface area contributed by atoms with E-state index >= 15 is 0 Å². The number of nitrogens with zero attached hydrogens (tertiary/aromatic N) is 1. The molecule has 0 saturated heterocycles. The molecule has 0 heterocycles. The first kappa shape index (κ1) is 17.3. The fraction of sp³-hybridized carbons (Fsp3) is 0.462. The molecule has 1 aromatic carbocycles. The number of guanidine groups is 1. The van der Waals surface area contributed by atoms with E-state index in [9.17, 15) is 8.42 Å². The van der Waals surface area contributed by atoms with Gasteiger partial charge in [-0.05, 0) is 30.5 Å².